The molecule has 1 aromatic rings. The Morgan fingerprint density at radius 2 is 2.29 bits per heavy atom. The molecule has 1 aromatic carbocycles. The van der Waals surface area contributed by atoms with Crippen molar-refractivity contribution in [1.82, 2.24) is 0 Å². The van der Waals surface area contributed by atoms with E-state index in [0.29, 0.717) is 24.2 Å². The number of fused-ring (bicyclic) bond motifs is 1. The van der Waals surface area contributed by atoms with Crippen LogP contribution in [0.1, 0.15) is 29.3 Å². The Morgan fingerprint density at radius 1 is 1.53 bits per heavy atom. The van der Waals surface area contributed by atoms with Crippen molar-refractivity contribution < 1.29 is 18.7 Å². The molecule has 3 nitrogen and oxygen atoms in total. The molecular formula is C13H13FO3. The van der Waals surface area contributed by atoms with Gasteiger partial charge in [0.1, 0.15) is 11.7 Å². The maximum absolute atomic E-state index is 13.0. The van der Waals surface area contributed by atoms with Gasteiger partial charge in [-0.2, -0.15) is 0 Å². The Kier molecular flexibility index (Phi) is 3.22. The molecule has 0 amide bonds. The SMILES string of the molecule is CCCOC(=O)C1Cc2cc(F)ccc2C1=O. The molecule has 0 fully saturated rings. The molecule has 0 N–H and O–H groups in total. The summed E-state index contributed by atoms with van der Waals surface area (Å²) in [5.41, 5.74) is 1.03. The van der Waals surface area contributed by atoms with Gasteiger partial charge in [-0.1, -0.05) is 6.92 Å². The standard InChI is InChI=1S/C13H13FO3/c1-2-5-17-13(16)11-7-8-6-9(14)3-4-10(8)12(11)15/h3-4,6,11H,2,5,7H2,1H3. The minimum absolute atomic E-state index is 0.245. The first kappa shape index (κ1) is 11.8. The molecule has 17 heavy (non-hydrogen) atoms. The summed E-state index contributed by atoms with van der Waals surface area (Å²) in [4.78, 5) is 23.5. The molecule has 0 saturated heterocycles. The average Bonchev–Trinajstić information content (AvgIpc) is 2.63. The van der Waals surface area contributed by atoms with Crippen molar-refractivity contribution in [1.29, 1.82) is 0 Å². The zero-order valence-corrected chi connectivity index (χ0v) is 9.53. The zero-order chi connectivity index (χ0) is 12.4. The van der Waals surface area contributed by atoms with Crippen LogP contribution in [0.2, 0.25) is 0 Å². The quantitative estimate of drug-likeness (QED) is 0.596. The van der Waals surface area contributed by atoms with E-state index in [-0.39, 0.29) is 18.0 Å². The zero-order valence-electron chi connectivity index (χ0n) is 9.53. The first-order valence-electron chi connectivity index (χ1n) is 5.62. The number of hydrogen-bond acceptors (Lipinski definition) is 3. The molecule has 1 atom stereocenters. The lowest BCUT2D eigenvalue weighted by atomic mass is 10.1. The molecule has 1 aliphatic carbocycles. The fraction of sp³-hybridized carbons (Fsp3) is 0.385. The van der Waals surface area contributed by atoms with E-state index in [1.807, 2.05) is 6.92 Å². The van der Waals surface area contributed by atoms with E-state index >= 15 is 0 Å². The van der Waals surface area contributed by atoms with Crippen LogP contribution in [0.5, 0.6) is 0 Å². The second kappa shape index (κ2) is 4.65. The van der Waals surface area contributed by atoms with Crippen LogP contribution in [-0.4, -0.2) is 18.4 Å². The number of esters is 1. The molecular weight excluding hydrogens is 223 g/mol. The van der Waals surface area contributed by atoms with Crippen molar-refractivity contribution in [2.24, 2.45) is 5.92 Å². The minimum Gasteiger partial charge on any atom is -0.465 e. The Hall–Kier alpha value is -1.71. The van der Waals surface area contributed by atoms with Gasteiger partial charge in [-0.3, -0.25) is 9.59 Å². The van der Waals surface area contributed by atoms with Gasteiger partial charge in [-0.05, 0) is 36.6 Å². The van der Waals surface area contributed by atoms with Gasteiger partial charge in [0.2, 0.25) is 0 Å². The molecule has 0 saturated carbocycles. The summed E-state index contributed by atoms with van der Waals surface area (Å²) in [6, 6.07) is 3.97. The summed E-state index contributed by atoms with van der Waals surface area (Å²) in [5, 5.41) is 0. The number of Topliss-reactive ketones (excluding diaryl/α,β-unsaturated/α-hetero) is 1. The maximum Gasteiger partial charge on any atom is 0.317 e. The van der Waals surface area contributed by atoms with Crippen LogP contribution in [0.15, 0.2) is 18.2 Å². The largest absolute Gasteiger partial charge is 0.465 e. The Labute approximate surface area is 98.6 Å². The highest BCUT2D eigenvalue weighted by molar-refractivity contribution is 6.12. The lowest BCUT2D eigenvalue weighted by Gasteiger charge is -2.07. The van der Waals surface area contributed by atoms with E-state index < -0.39 is 11.9 Å². The van der Waals surface area contributed by atoms with Gasteiger partial charge in [0.05, 0.1) is 6.61 Å². The average molecular weight is 236 g/mol. The van der Waals surface area contributed by atoms with Crippen molar-refractivity contribution in [3.63, 3.8) is 0 Å². The molecule has 1 unspecified atom stereocenters. The summed E-state index contributed by atoms with van der Waals surface area (Å²) in [6.07, 6.45) is 0.961. The van der Waals surface area contributed by atoms with Crippen LogP contribution in [0, 0.1) is 11.7 Å². The molecule has 0 heterocycles. The number of carbonyl (C=O) groups excluding carboxylic acids is 2. The third-order valence-electron chi connectivity index (χ3n) is 2.81. The van der Waals surface area contributed by atoms with Gasteiger partial charge >= 0.3 is 5.97 Å². The van der Waals surface area contributed by atoms with Gasteiger partial charge in [0, 0.05) is 5.56 Å². The minimum atomic E-state index is -0.793. The Bertz CT molecular complexity index is 468. The molecule has 90 valence electrons. The lowest BCUT2D eigenvalue weighted by molar-refractivity contribution is -0.146. The maximum atomic E-state index is 13.0. The topological polar surface area (TPSA) is 43.4 Å². The predicted octanol–water partition coefficient (Wildman–Crippen LogP) is 2.13. The number of rotatable bonds is 3. The summed E-state index contributed by atoms with van der Waals surface area (Å²) in [5.74, 6) is -1.95. The van der Waals surface area contributed by atoms with Crippen LogP contribution in [0.4, 0.5) is 4.39 Å². The van der Waals surface area contributed by atoms with Gasteiger partial charge in [0.25, 0.3) is 0 Å². The van der Waals surface area contributed by atoms with Crippen LogP contribution in [-0.2, 0) is 16.0 Å². The predicted molar refractivity (Wildman–Crippen MR) is 59.2 cm³/mol. The highest BCUT2D eigenvalue weighted by atomic mass is 19.1. The molecule has 0 spiro atoms. The molecule has 0 aliphatic heterocycles. The normalized spacial score (nSPS) is 18.0. The van der Waals surface area contributed by atoms with Gasteiger partial charge in [0.15, 0.2) is 5.78 Å². The molecule has 0 radical (unpaired) electrons. The number of ether oxygens (including phenoxy) is 1. The highest BCUT2D eigenvalue weighted by Crippen LogP contribution is 2.28. The summed E-state index contributed by atoms with van der Waals surface area (Å²) < 4.78 is 17.9. The monoisotopic (exact) mass is 236 g/mol. The van der Waals surface area contributed by atoms with E-state index in [0.717, 1.165) is 0 Å². The Balaban J connectivity index is 2.16. The second-order valence-electron chi connectivity index (χ2n) is 4.09. The summed E-state index contributed by atoms with van der Waals surface area (Å²) in [7, 11) is 0. The fourth-order valence-electron chi connectivity index (χ4n) is 1.97. The number of halogens is 1. The van der Waals surface area contributed by atoms with E-state index in [2.05, 4.69) is 0 Å². The number of carbonyl (C=O) groups is 2. The van der Waals surface area contributed by atoms with Crippen molar-refractivity contribution in [2.45, 2.75) is 19.8 Å². The number of ketones is 1. The van der Waals surface area contributed by atoms with E-state index in [4.69, 9.17) is 4.74 Å². The summed E-state index contributed by atoms with van der Waals surface area (Å²) >= 11 is 0. The van der Waals surface area contributed by atoms with Gasteiger partial charge in [-0.25, -0.2) is 4.39 Å². The van der Waals surface area contributed by atoms with Gasteiger partial charge < -0.3 is 4.74 Å². The molecule has 0 aromatic heterocycles. The van der Waals surface area contributed by atoms with Crippen molar-refractivity contribution in [2.75, 3.05) is 6.61 Å². The van der Waals surface area contributed by atoms with Crippen molar-refractivity contribution in [3.8, 4) is 0 Å². The number of hydrogen-bond donors (Lipinski definition) is 0. The van der Waals surface area contributed by atoms with E-state index in [1.54, 1.807) is 0 Å². The van der Waals surface area contributed by atoms with Crippen LogP contribution in [0.25, 0.3) is 0 Å². The molecule has 4 heteroatoms. The number of benzene rings is 1. The Morgan fingerprint density at radius 3 is 3.00 bits per heavy atom. The fourth-order valence-corrected chi connectivity index (χ4v) is 1.97. The first-order valence-corrected chi connectivity index (χ1v) is 5.62. The van der Waals surface area contributed by atoms with Crippen molar-refractivity contribution >= 4 is 11.8 Å². The van der Waals surface area contributed by atoms with Crippen LogP contribution >= 0.6 is 0 Å². The molecule has 1 aliphatic rings. The smallest absolute Gasteiger partial charge is 0.317 e. The van der Waals surface area contributed by atoms with E-state index in [9.17, 15) is 14.0 Å². The van der Waals surface area contributed by atoms with Crippen molar-refractivity contribution in [3.05, 3.63) is 35.1 Å². The van der Waals surface area contributed by atoms with Crippen LogP contribution in [0.3, 0.4) is 0 Å². The highest BCUT2D eigenvalue weighted by Gasteiger charge is 2.36. The summed E-state index contributed by atoms with van der Waals surface area (Å²) in [6.45, 7) is 2.20. The molecule has 2 rings (SSSR count). The van der Waals surface area contributed by atoms with Crippen LogP contribution < -0.4 is 0 Å². The third-order valence-corrected chi connectivity index (χ3v) is 2.81. The second-order valence-corrected chi connectivity index (χ2v) is 4.09. The van der Waals surface area contributed by atoms with Gasteiger partial charge in [-0.15, -0.1) is 0 Å². The third kappa shape index (κ3) is 2.20. The van der Waals surface area contributed by atoms with E-state index in [1.165, 1.54) is 18.2 Å². The lowest BCUT2D eigenvalue weighted by Crippen LogP contribution is -2.23. The molecule has 0 bridgehead atoms. The first-order chi connectivity index (χ1) is 8.13.